The number of nitrogens with one attached hydrogen (secondary N) is 1. The molecule has 2 rings (SSSR count). The van der Waals surface area contributed by atoms with Gasteiger partial charge in [0.2, 0.25) is 0 Å². The Morgan fingerprint density at radius 2 is 1.95 bits per heavy atom. The van der Waals surface area contributed by atoms with E-state index in [0.717, 1.165) is 39.3 Å². The summed E-state index contributed by atoms with van der Waals surface area (Å²) in [6, 6.07) is 0. The van der Waals surface area contributed by atoms with Gasteiger partial charge in [0, 0.05) is 44.1 Å². The Morgan fingerprint density at radius 1 is 1.26 bits per heavy atom. The second-order valence-corrected chi connectivity index (χ2v) is 6.03. The molecule has 2 aliphatic heterocycles. The van der Waals surface area contributed by atoms with Crippen LogP contribution in [0.3, 0.4) is 0 Å². The third kappa shape index (κ3) is 3.80. The summed E-state index contributed by atoms with van der Waals surface area (Å²) in [5, 5.41) is 6.57. The van der Waals surface area contributed by atoms with Crippen molar-refractivity contribution in [2.24, 2.45) is 5.18 Å². The maximum absolute atomic E-state index is 10.7. The van der Waals surface area contributed by atoms with Crippen LogP contribution >= 0.6 is 0 Å². The third-order valence-corrected chi connectivity index (χ3v) is 3.71. The first kappa shape index (κ1) is 14.1. The number of hydrogen-bond donors (Lipinski definition) is 1. The van der Waals surface area contributed by atoms with Crippen LogP contribution in [0, 0.1) is 4.91 Å². The van der Waals surface area contributed by atoms with E-state index in [4.69, 9.17) is 0 Å². The fourth-order valence-corrected chi connectivity index (χ4v) is 2.56. The van der Waals surface area contributed by atoms with Crippen molar-refractivity contribution >= 4 is 0 Å². The first-order chi connectivity index (χ1) is 9.00. The quantitative estimate of drug-likeness (QED) is 0.783. The van der Waals surface area contributed by atoms with Gasteiger partial charge in [-0.05, 0) is 32.9 Å². The number of nitroso groups, excluding NO2 is 1. The van der Waals surface area contributed by atoms with E-state index in [2.05, 4.69) is 39.4 Å². The highest BCUT2D eigenvalue weighted by Crippen LogP contribution is 2.16. The van der Waals surface area contributed by atoms with Gasteiger partial charge in [-0.25, -0.2) is 0 Å². The first-order valence-electron chi connectivity index (χ1n) is 6.93. The number of rotatable bonds is 4. The van der Waals surface area contributed by atoms with Crippen LogP contribution in [0.25, 0.3) is 0 Å². The van der Waals surface area contributed by atoms with Crippen molar-refractivity contribution in [2.45, 2.75) is 26.3 Å². The topological polar surface area (TPSA) is 47.9 Å². The van der Waals surface area contributed by atoms with Gasteiger partial charge in [0.05, 0.1) is 6.54 Å². The zero-order valence-corrected chi connectivity index (χ0v) is 12.1. The SMILES string of the molecule is CC1=CC=C(N2CCN(CC(C)(C)N=O)CC2)CN1. The molecule has 2 heterocycles. The molecule has 1 saturated heterocycles. The van der Waals surface area contributed by atoms with Gasteiger partial charge < -0.3 is 10.2 Å². The fraction of sp³-hybridized carbons (Fsp3) is 0.714. The number of piperazine rings is 1. The minimum atomic E-state index is -0.478. The van der Waals surface area contributed by atoms with Gasteiger partial charge in [-0.1, -0.05) is 5.18 Å². The molecule has 0 amide bonds. The molecular formula is C14H24N4O. The second kappa shape index (κ2) is 5.74. The number of nitrogens with zero attached hydrogens (tertiary/aromatic N) is 3. The van der Waals surface area contributed by atoms with Gasteiger partial charge in [0.1, 0.15) is 5.54 Å². The summed E-state index contributed by atoms with van der Waals surface area (Å²) < 4.78 is 0. The summed E-state index contributed by atoms with van der Waals surface area (Å²) in [5.41, 5.74) is 2.10. The van der Waals surface area contributed by atoms with Crippen molar-refractivity contribution in [3.63, 3.8) is 0 Å². The summed E-state index contributed by atoms with van der Waals surface area (Å²) in [6.45, 7) is 11.6. The smallest absolute Gasteiger partial charge is 0.110 e. The molecular weight excluding hydrogens is 240 g/mol. The average Bonchev–Trinajstić information content (AvgIpc) is 2.40. The van der Waals surface area contributed by atoms with Crippen molar-refractivity contribution in [2.75, 3.05) is 39.3 Å². The summed E-state index contributed by atoms with van der Waals surface area (Å²) in [6.07, 6.45) is 4.34. The normalized spacial score (nSPS) is 21.5. The maximum Gasteiger partial charge on any atom is 0.110 e. The van der Waals surface area contributed by atoms with Crippen molar-refractivity contribution in [3.8, 4) is 0 Å². The van der Waals surface area contributed by atoms with Gasteiger partial charge in [-0.3, -0.25) is 4.90 Å². The molecule has 106 valence electrons. The first-order valence-corrected chi connectivity index (χ1v) is 6.93. The summed E-state index contributed by atoms with van der Waals surface area (Å²) in [7, 11) is 0. The van der Waals surface area contributed by atoms with Crippen molar-refractivity contribution in [1.82, 2.24) is 15.1 Å². The molecule has 0 atom stereocenters. The van der Waals surface area contributed by atoms with Gasteiger partial charge in [-0.15, -0.1) is 0 Å². The number of dihydropyridines is 1. The lowest BCUT2D eigenvalue weighted by Gasteiger charge is -2.39. The molecule has 5 nitrogen and oxygen atoms in total. The van der Waals surface area contributed by atoms with E-state index in [1.807, 2.05) is 13.8 Å². The Balaban J connectivity index is 1.84. The molecule has 0 aromatic carbocycles. The zero-order chi connectivity index (χ0) is 13.9. The van der Waals surface area contributed by atoms with Gasteiger partial charge in [0.15, 0.2) is 0 Å². The monoisotopic (exact) mass is 264 g/mol. The predicted molar refractivity (Wildman–Crippen MR) is 77.7 cm³/mol. The number of hydrogen-bond acceptors (Lipinski definition) is 5. The van der Waals surface area contributed by atoms with Crippen LogP contribution < -0.4 is 5.32 Å². The van der Waals surface area contributed by atoms with Crippen LogP contribution in [-0.4, -0.2) is 54.6 Å². The molecule has 5 heteroatoms. The summed E-state index contributed by atoms with van der Waals surface area (Å²) in [5.74, 6) is 0. The van der Waals surface area contributed by atoms with Gasteiger partial charge in [-0.2, -0.15) is 4.91 Å². The molecule has 0 saturated carbocycles. The molecule has 1 fully saturated rings. The van der Waals surface area contributed by atoms with Crippen LogP contribution in [0.5, 0.6) is 0 Å². The zero-order valence-electron chi connectivity index (χ0n) is 12.1. The Bertz CT molecular complexity index is 392. The van der Waals surface area contributed by atoms with Crippen molar-refractivity contribution < 1.29 is 0 Å². The molecule has 2 aliphatic rings. The van der Waals surface area contributed by atoms with E-state index >= 15 is 0 Å². The van der Waals surface area contributed by atoms with E-state index in [1.54, 1.807) is 0 Å². The highest BCUT2D eigenvalue weighted by Gasteiger charge is 2.26. The molecule has 1 N–H and O–H groups in total. The van der Waals surface area contributed by atoms with Crippen LogP contribution in [0.4, 0.5) is 0 Å². The van der Waals surface area contributed by atoms with E-state index < -0.39 is 5.54 Å². The Labute approximate surface area is 115 Å². The molecule has 0 aromatic heterocycles. The van der Waals surface area contributed by atoms with E-state index in [1.165, 1.54) is 11.4 Å². The van der Waals surface area contributed by atoms with Crippen molar-refractivity contribution in [3.05, 3.63) is 28.5 Å². The van der Waals surface area contributed by atoms with E-state index in [-0.39, 0.29) is 0 Å². The maximum atomic E-state index is 10.7. The molecule has 19 heavy (non-hydrogen) atoms. The molecule has 0 bridgehead atoms. The third-order valence-electron chi connectivity index (χ3n) is 3.71. The molecule has 0 aliphatic carbocycles. The van der Waals surface area contributed by atoms with Crippen LogP contribution in [0.2, 0.25) is 0 Å². The second-order valence-electron chi connectivity index (χ2n) is 6.03. The van der Waals surface area contributed by atoms with Gasteiger partial charge >= 0.3 is 0 Å². The largest absolute Gasteiger partial charge is 0.383 e. The predicted octanol–water partition coefficient (Wildman–Crippen LogP) is 1.54. The molecule has 0 unspecified atom stereocenters. The van der Waals surface area contributed by atoms with E-state index in [9.17, 15) is 4.91 Å². The minimum Gasteiger partial charge on any atom is -0.383 e. The van der Waals surface area contributed by atoms with Gasteiger partial charge in [0.25, 0.3) is 0 Å². The lowest BCUT2D eigenvalue weighted by molar-refractivity contribution is 0.136. The van der Waals surface area contributed by atoms with Crippen LogP contribution in [0.1, 0.15) is 20.8 Å². The lowest BCUT2D eigenvalue weighted by atomic mass is 10.1. The van der Waals surface area contributed by atoms with Crippen LogP contribution in [-0.2, 0) is 0 Å². The molecule has 0 aromatic rings. The Morgan fingerprint density at radius 3 is 2.47 bits per heavy atom. The Kier molecular flexibility index (Phi) is 4.24. The minimum absolute atomic E-state index is 0.478. The van der Waals surface area contributed by atoms with E-state index in [0.29, 0.717) is 0 Å². The molecule has 0 spiro atoms. The summed E-state index contributed by atoms with van der Waals surface area (Å²) in [4.78, 5) is 15.5. The lowest BCUT2D eigenvalue weighted by Crippen LogP contribution is -2.50. The number of allylic oxidation sites excluding steroid dienone is 3. The average molecular weight is 264 g/mol. The fourth-order valence-electron chi connectivity index (χ4n) is 2.56. The Hall–Kier alpha value is -1.36. The van der Waals surface area contributed by atoms with Crippen LogP contribution in [0.15, 0.2) is 28.7 Å². The molecule has 0 radical (unpaired) electrons. The standard InChI is InChI=1S/C14H24N4O/c1-12-4-5-13(10-15-12)18-8-6-17(7-9-18)11-14(2,3)16-19/h4-5,15H,6-11H2,1-3H3. The summed E-state index contributed by atoms with van der Waals surface area (Å²) >= 11 is 0. The van der Waals surface area contributed by atoms with Crippen molar-refractivity contribution in [1.29, 1.82) is 0 Å². The highest BCUT2D eigenvalue weighted by atomic mass is 16.3. The highest BCUT2D eigenvalue weighted by molar-refractivity contribution is 5.22.